The normalized spacial score (nSPS) is 16.6. The van der Waals surface area contributed by atoms with Crippen LogP contribution >= 0.6 is 0 Å². The third-order valence-corrected chi connectivity index (χ3v) is 5.06. The summed E-state index contributed by atoms with van der Waals surface area (Å²) in [4.78, 5) is 39.3. The Labute approximate surface area is 162 Å². The average molecular weight is 377 g/mol. The quantitative estimate of drug-likeness (QED) is 0.464. The summed E-state index contributed by atoms with van der Waals surface area (Å²) in [7, 11) is 1.47. The number of carbonyl (C=O) groups is 3. The van der Waals surface area contributed by atoms with E-state index in [4.69, 9.17) is 9.47 Å². The lowest BCUT2D eigenvalue weighted by atomic mass is 9.89. The van der Waals surface area contributed by atoms with E-state index in [9.17, 15) is 14.4 Å². The van der Waals surface area contributed by atoms with E-state index in [0.717, 1.165) is 5.57 Å². The molecule has 0 N–H and O–H groups in total. The summed E-state index contributed by atoms with van der Waals surface area (Å²) >= 11 is 0. The third kappa shape index (κ3) is 2.52. The van der Waals surface area contributed by atoms with E-state index in [1.807, 2.05) is 26.8 Å². The zero-order valence-electron chi connectivity index (χ0n) is 16.0. The number of amides is 1. The zero-order valence-corrected chi connectivity index (χ0v) is 16.0. The maximum atomic E-state index is 12.6. The topological polar surface area (TPSA) is 72.9 Å². The molecule has 0 atom stereocenters. The Morgan fingerprint density at radius 2 is 1.75 bits per heavy atom. The molecule has 0 fully saturated rings. The summed E-state index contributed by atoms with van der Waals surface area (Å²) in [6.07, 6.45) is 1.93. The third-order valence-electron chi connectivity index (χ3n) is 5.06. The lowest BCUT2D eigenvalue weighted by Crippen LogP contribution is -2.47. The molecule has 0 aliphatic carbocycles. The predicted molar refractivity (Wildman–Crippen MR) is 104 cm³/mol. The van der Waals surface area contributed by atoms with Gasteiger partial charge in [-0.2, -0.15) is 0 Å². The number of methoxy groups -OCH3 is 1. The average Bonchev–Trinajstić information content (AvgIpc) is 2.91. The minimum Gasteiger partial charge on any atom is -0.496 e. The first-order chi connectivity index (χ1) is 13.2. The summed E-state index contributed by atoms with van der Waals surface area (Å²) in [5.41, 5.74) is 2.12. The van der Waals surface area contributed by atoms with Crippen LogP contribution in [0.2, 0.25) is 0 Å². The van der Waals surface area contributed by atoms with Gasteiger partial charge in [0.05, 0.1) is 23.9 Å². The maximum absolute atomic E-state index is 12.6. The number of benzene rings is 2. The van der Waals surface area contributed by atoms with E-state index in [-0.39, 0.29) is 16.9 Å². The van der Waals surface area contributed by atoms with Crippen molar-refractivity contribution in [1.29, 1.82) is 0 Å². The molecule has 0 saturated heterocycles. The number of allylic oxidation sites excluding steroid dienone is 1. The standard InChI is InChI=1S/C22H19NO5/c1-12-11-22(2,3)23-18-15(12)9-13(10-16(18)19(24)20(23)25)28-21(26)14-7-5-6-8-17(14)27-4/h5-11H,1-4H3. The second-order valence-electron chi connectivity index (χ2n) is 7.41. The van der Waals surface area contributed by atoms with Crippen LogP contribution in [0.4, 0.5) is 5.69 Å². The van der Waals surface area contributed by atoms with Crippen LogP contribution in [-0.4, -0.2) is 30.3 Å². The molecule has 0 saturated carbocycles. The van der Waals surface area contributed by atoms with Crippen molar-refractivity contribution >= 4 is 28.9 Å². The summed E-state index contributed by atoms with van der Waals surface area (Å²) in [6.45, 7) is 5.68. The summed E-state index contributed by atoms with van der Waals surface area (Å²) in [6, 6.07) is 9.87. The molecule has 28 heavy (non-hydrogen) atoms. The van der Waals surface area contributed by atoms with Gasteiger partial charge in [-0.05, 0) is 50.6 Å². The van der Waals surface area contributed by atoms with Gasteiger partial charge in [-0.1, -0.05) is 18.2 Å². The van der Waals surface area contributed by atoms with Crippen molar-refractivity contribution in [2.45, 2.75) is 26.3 Å². The van der Waals surface area contributed by atoms with Gasteiger partial charge in [0.25, 0.3) is 11.7 Å². The van der Waals surface area contributed by atoms with Gasteiger partial charge in [-0.15, -0.1) is 0 Å². The van der Waals surface area contributed by atoms with Gasteiger partial charge in [0.2, 0.25) is 0 Å². The Morgan fingerprint density at radius 1 is 1.07 bits per heavy atom. The molecule has 1 amide bonds. The van der Waals surface area contributed by atoms with Crippen molar-refractivity contribution < 1.29 is 23.9 Å². The van der Waals surface area contributed by atoms with Crippen molar-refractivity contribution in [3.63, 3.8) is 0 Å². The molecule has 6 nitrogen and oxygen atoms in total. The highest BCUT2D eigenvalue weighted by Crippen LogP contribution is 2.46. The fraction of sp³-hybridized carbons (Fsp3) is 0.227. The van der Waals surface area contributed by atoms with E-state index >= 15 is 0 Å². The SMILES string of the molecule is COc1ccccc1C(=O)Oc1cc2c3c(c1)C(C)=CC(C)(C)N3C(=O)C2=O. The number of anilines is 1. The minimum absolute atomic E-state index is 0.208. The fourth-order valence-electron chi connectivity index (χ4n) is 3.90. The summed E-state index contributed by atoms with van der Waals surface area (Å²) < 4.78 is 10.7. The molecule has 2 heterocycles. The molecule has 4 rings (SSSR count). The molecule has 0 radical (unpaired) electrons. The van der Waals surface area contributed by atoms with Gasteiger partial charge in [0.1, 0.15) is 17.1 Å². The number of carbonyl (C=O) groups excluding carboxylic acids is 3. The Bertz CT molecular complexity index is 1080. The highest BCUT2D eigenvalue weighted by Gasteiger charge is 2.47. The van der Waals surface area contributed by atoms with E-state index in [1.54, 1.807) is 30.3 Å². The molecule has 2 aromatic rings. The van der Waals surface area contributed by atoms with Crippen LogP contribution < -0.4 is 14.4 Å². The van der Waals surface area contributed by atoms with Crippen LogP contribution in [0.25, 0.3) is 5.57 Å². The first kappa shape index (κ1) is 18.0. The molecule has 142 valence electrons. The van der Waals surface area contributed by atoms with E-state index in [2.05, 4.69) is 0 Å². The number of esters is 1. The number of para-hydroxylation sites is 1. The molecule has 0 aromatic heterocycles. The summed E-state index contributed by atoms with van der Waals surface area (Å²) in [5, 5.41) is 0. The first-order valence-corrected chi connectivity index (χ1v) is 8.86. The largest absolute Gasteiger partial charge is 0.496 e. The van der Waals surface area contributed by atoms with Crippen molar-refractivity contribution in [3.8, 4) is 11.5 Å². The first-order valence-electron chi connectivity index (χ1n) is 8.86. The predicted octanol–water partition coefficient (Wildman–Crippen LogP) is 3.64. The highest BCUT2D eigenvalue weighted by molar-refractivity contribution is 6.53. The number of ketones is 1. The van der Waals surface area contributed by atoms with Crippen LogP contribution in [0.3, 0.4) is 0 Å². The molecule has 0 bridgehead atoms. The molecule has 0 spiro atoms. The number of rotatable bonds is 3. The van der Waals surface area contributed by atoms with Gasteiger partial charge in [0, 0.05) is 5.56 Å². The molecular formula is C22H19NO5. The maximum Gasteiger partial charge on any atom is 0.347 e. The van der Waals surface area contributed by atoms with Crippen LogP contribution in [0.1, 0.15) is 47.1 Å². The summed E-state index contributed by atoms with van der Waals surface area (Å²) in [5.74, 6) is -1.16. The van der Waals surface area contributed by atoms with Gasteiger partial charge in [-0.25, -0.2) is 4.79 Å². The second-order valence-corrected chi connectivity index (χ2v) is 7.41. The van der Waals surface area contributed by atoms with Crippen LogP contribution in [0, 0.1) is 0 Å². The molecule has 6 heteroatoms. The van der Waals surface area contributed by atoms with Gasteiger partial charge in [0.15, 0.2) is 0 Å². The minimum atomic E-state index is -0.606. The number of hydrogen-bond acceptors (Lipinski definition) is 5. The van der Waals surface area contributed by atoms with Crippen molar-refractivity contribution in [3.05, 3.63) is 59.2 Å². The molecule has 2 aliphatic rings. The van der Waals surface area contributed by atoms with Crippen LogP contribution in [0.5, 0.6) is 11.5 Å². The van der Waals surface area contributed by atoms with E-state index in [0.29, 0.717) is 17.0 Å². The number of nitrogens with zero attached hydrogens (tertiary/aromatic N) is 1. The lowest BCUT2D eigenvalue weighted by Gasteiger charge is -2.38. The lowest BCUT2D eigenvalue weighted by molar-refractivity contribution is -0.115. The van der Waals surface area contributed by atoms with E-state index in [1.165, 1.54) is 18.1 Å². The molecule has 2 aliphatic heterocycles. The Kier molecular flexibility index (Phi) is 3.89. The molecular weight excluding hydrogens is 358 g/mol. The van der Waals surface area contributed by atoms with Crippen molar-refractivity contribution in [2.75, 3.05) is 12.0 Å². The Hall–Kier alpha value is -3.41. The van der Waals surface area contributed by atoms with Crippen LogP contribution in [0.15, 0.2) is 42.5 Å². The van der Waals surface area contributed by atoms with Gasteiger partial charge >= 0.3 is 5.97 Å². The van der Waals surface area contributed by atoms with E-state index < -0.39 is 23.2 Å². The van der Waals surface area contributed by atoms with Crippen LogP contribution in [-0.2, 0) is 4.79 Å². The Morgan fingerprint density at radius 3 is 2.46 bits per heavy atom. The van der Waals surface area contributed by atoms with Crippen molar-refractivity contribution in [1.82, 2.24) is 0 Å². The van der Waals surface area contributed by atoms with Gasteiger partial charge in [-0.3, -0.25) is 14.5 Å². The number of ether oxygens (including phenoxy) is 2. The molecule has 2 aromatic carbocycles. The fourth-order valence-corrected chi connectivity index (χ4v) is 3.90. The monoisotopic (exact) mass is 377 g/mol. The smallest absolute Gasteiger partial charge is 0.347 e. The van der Waals surface area contributed by atoms with Crippen molar-refractivity contribution in [2.24, 2.45) is 0 Å². The highest BCUT2D eigenvalue weighted by atomic mass is 16.5. The van der Waals surface area contributed by atoms with Gasteiger partial charge < -0.3 is 9.47 Å². The number of hydrogen-bond donors (Lipinski definition) is 0. The number of Topliss-reactive ketones (excluding diaryl/α,β-unsaturated/α-hetero) is 1. The Balaban J connectivity index is 1.79. The second kappa shape index (κ2) is 6.05. The zero-order chi connectivity index (χ0) is 20.2. The molecule has 0 unspecified atom stereocenters.